The number of halogens is 2. The fourth-order valence-corrected chi connectivity index (χ4v) is 3.92. The highest BCUT2D eigenvalue weighted by Crippen LogP contribution is 2.29. The van der Waals surface area contributed by atoms with Gasteiger partial charge in [-0.3, -0.25) is 9.59 Å². The van der Waals surface area contributed by atoms with Gasteiger partial charge in [0.2, 0.25) is 0 Å². The molecule has 0 spiro atoms. The maximum absolute atomic E-state index is 14.0. The lowest BCUT2D eigenvalue weighted by Gasteiger charge is -2.11. The molecule has 1 fully saturated rings. The molecule has 0 aliphatic carbocycles. The number of nitrogens with one attached hydrogen (secondary N) is 2. The van der Waals surface area contributed by atoms with Crippen LogP contribution < -0.4 is 10.6 Å². The first-order chi connectivity index (χ1) is 14.0. The Bertz CT molecular complexity index is 1060. The summed E-state index contributed by atoms with van der Waals surface area (Å²) in [7, 11) is 0. The minimum atomic E-state index is -0.763. The zero-order chi connectivity index (χ0) is 20.4. The van der Waals surface area contributed by atoms with Gasteiger partial charge in [0, 0.05) is 17.8 Å². The highest BCUT2D eigenvalue weighted by molar-refractivity contribution is 7.13. The first kappa shape index (κ1) is 19.2. The second-order valence-electron chi connectivity index (χ2n) is 6.43. The van der Waals surface area contributed by atoms with E-state index in [-0.39, 0.29) is 39.3 Å². The van der Waals surface area contributed by atoms with E-state index in [4.69, 9.17) is 0 Å². The van der Waals surface area contributed by atoms with Crippen LogP contribution in [0.5, 0.6) is 0 Å². The smallest absolute Gasteiger partial charge is 0.275 e. The molecule has 0 bridgehead atoms. The van der Waals surface area contributed by atoms with Crippen molar-refractivity contribution in [3.8, 4) is 10.6 Å². The number of anilines is 1. The minimum Gasteiger partial charge on any atom is -0.317 e. The quantitative estimate of drug-likeness (QED) is 0.622. The summed E-state index contributed by atoms with van der Waals surface area (Å²) in [6.07, 6.45) is 3.28. The lowest BCUT2D eigenvalue weighted by atomic mass is 10.00. The number of aromatic nitrogens is 3. The average molecular weight is 415 g/mol. The summed E-state index contributed by atoms with van der Waals surface area (Å²) in [6, 6.07) is 3.50. The predicted octanol–water partition coefficient (Wildman–Crippen LogP) is 2.92. The van der Waals surface area contributed by atoms with E-state index in [1.54, 1.807) is 0 Å². The van der Waals surface area contributed by atoms with Crippen LogP contribution in [0, 0.1) is 17.6 Å². The molecular formula is C19H15F2N5O2S. The van der Waals surface area contributed by atoms with Crippen molar-refractivity contribution in [1.82, 2.24) is 20.3 Å². The maximum Gasteiger partial charge on any atom is 0.275 e. The number of ketones is 1. The Morgan fingerprint density at radius 3 is 2.76 bits per heavy atom. The Hall–Kier alpha value is -3.11. The molecule has 1 saturated heterocycles. The van der Waals surface area contributed by atoms with E-state index in [2.05, 4.69) is 25.6 Å². The Labute approximate surface area is 168 Å². The Morgan fingerprint density at radius 1 is 1.24 bits per heavy atom. The molecule has 0 radical (unpaired) electrons. The topological polar surface area (TPSA) is 96.9 Å². The number of hydrogen-bond acceptors (Lipinski definition) is 7. The zero-order valence-corrected chi connectivity index (χ0v) is 15.8. The van der Waals surface area contributed by atoms with Gasteiger partial charge in [0.15, 0.2) is 5.78 Å². The van der Waals surface area contributed by atoms with Gasteiger partial charge in [0.1, 0.15) is 34.4 Å². The summed E-state index contributed by atoms with van der Waals surface area (Å²) in [5, 5.41) is 7.13. The van der Waals surface area contributed by atoms with Crippen molar-refractivity contribution >= 4 is 28.7 Å². The zero-order valence-electron chi connectivity index (χ0n) is 15.0. The summed E-state index contributed by atoms with van der Waals surface area (Å²) < 4.78 is 27.9. The monoisotopic (exact) mass is 415 g/mol. The minimum absolute atomic E-state index is 0.0301. The molecular weight excluding hydrogens is 400 g/mol. The van der Waals surface area contributed by atoms with Gasteiger partial charge in [-0.2, -0.15) is 0 Å². The van der Waals surface area contributed by atoms with Crippen LogP contribution >= 0.6 is 11.3 Å². The molecule has 0 saturated carbocycles. The number of rotatable bonds is 5. The first-order valence-electron chi connectivity index (χ1n) is 8.81. The van der Waals surface area contributed by atoms with Gasteiger partial charge in [-0.05, 0) is 25.1 Å². The van der Waals surface area contributed by atoms with Crippen molar-refractivity contribution in [3.05, 3.63) is 59.1 Å². The number of benzene rings is 1. The molecule has 1 atom stereocenters. The molecule has 1 aromatic carbocycles. The molecule has 1 unspecified atom stereocenters. The molecule has 7 nitrogen and oxygen atoms in total. The van der Waals surface area contributed by atoms with Crippen molar-refractivity contribution in [2.75, 3.05) is 18.4 Å². The van der Waals surface area contributed by atoms with E-state index >= 15 is 0 Å². The number of amides is 1. The third-order valence-electron chi connectivity index (χ3n) is 4.54. The molecule has 3 aromatic rings. The summed E-state index contributed by atoms with van der Waals surface area (Å²) >= 11 is 0.942. The third-order valence-corrected chi connectivity index (χ3v) is 5.40. The van der Waals surface area contributed by atoms with Crippen LogP contribution in [-0.2, 0) is 0 Å². The fourth-order valence-electron chi connectivity index (χ4n) is 3.07. The first-order valence-corrected chi connectivity index (χ1v) is 9.68. The predicted molar refractivity (Wildman–Crippen MR) is 103 cm³/mol. The van der Waals surface area contributed by atoms with E-state index in [1.807, 2.05) is 0 Å². The molecule has 4 rings (SSSR count). The van der Waals surface area contributed by atoms with Crippen LogP contribution in [0.15, 0.2) is 36.1 Å². The van der Waals surface area contributed by atoms with E-state index in [0.717, 1.165) is 30.0 Å². The van der Waals surface area contributed by atoms with Gasteiger partial charge in [-0.1, -0.05) is 6.07 Å². The summed E-state index contributed by atoms with van der Waals surface area (Å²) in [5.74, 6) is -2.55. The standard InChI is InChI=1S/C19H15F2N5O2S/c20-11-2-1-3-12(21)15(11)19-26-14(8-29-19)18(28)25-13-7-23-9-24-16(13)17(27)10-4-5-22-6-10/h1-3,7-10,22H,4-6H2,(H,25,28). The van der Waals surface area contributed by atoms with Crippen LogP contribution in [0.2, 0.25) is 0 Å². The van der Waals surface area contributed by atoms with Gasteiger partial charge in [-0.25, -0.2) is 23.7 Å². The number of nitrogens with zero attached hydrogens (tertiary/aromatic N) is 3. The second-order valence-corrected chi connectivity index (χ2v) is 7.29. The molecule has 1 amide bonds. The Kier molecular flexibility index (Phi) is 5.36. The van der Waals surface area contributed by atoms with Gasteiger partial charge in [0.25, 0.3) is 5.91 Å². The Balaban J connectivity index is 1.57. The molecule has 1 aliphatic rings. The lowest BCUT2D eigenvalue weighted by molar-refractivity contribution is 0.0926. The summed E-state index contributed by atoms with van der Waals surface area (Å²) in [4.78, 5) is 37.2. The number of carbonyl (C=O) groups excluding carboxylic acids is 2. The largest absolute Gasteiger partial charge is 0.317 e. The normalized spacial score (nSPS) is 16.0. The van der Waals surface area contributed by atoms with Gasteiger partial charge in [-0.15, -0.1) is 11.3 Å². The van der Waals surface area contributed by atoms with Crippen molar-refractivity contribution in [2.45, 2.75) is 6.42 Å². The van der Waals surface area contributed by atoms with E-state index < -0.39 is 17.5 Å². The van der Waals surface area contributed by atoms with Gasteiger partial charge in [0.05, 0.1) is 17.4 Å². The van der Waals surface area contributed by atoms with Crippen molar-refractivity contribution in [2.24, 2.45) is 5.92 Å². The van der Waals surface area contributed by atoms with E-state index in [0.29, 0.717) is 13.0 Å². The SMILES string of the molecule is O=C(Nc1cncnc1C(=O)C1CCNC1)c1csc(-c2c(F)cccc2F)n1. The highest BCUT2D eigenvalue weighted by Gasteiger charge is 2.27. The van der Waals surface area contributed by atoms with Crippen molar-refractivity contribution in [1.29, 1.82) is 0 Å². The van der Waals surface area contributed by atoms with Crippen molar-refractivity contribution in [3.63, 3.8) is 0 Å². The number of Topliss-reactive ketones (excluding diaryl/α,β-unsaturated/α-hetero) is 1. The van der Waals surface area contributed by atoms with Crippen LogP contribution in [0.3, 0.4) is 0 Å². The highest BCUT2D eigenvalue weighted by atomic mass is 32.1. The van der Waals surface area contributed by atoms with Crippen LogP contribution in [-0.4, -0.2) is 39.7 Å². The van der Waals surface area contributed by atoms with Gasteiger partial charge >= 0.3 is 0 Å². The van der Waals surface area contributed by atoms with Crippen molar-refractivity contribution < 1.29 is 18.4 Å². The van der Waals surface area contributed by atoms with Crippen LogP contribution in [0.4, 0.5) is 14.5 Å². The number of carbonyl (C=O) groups is 2. The third kappa shape index (κ3) is 3.89. The van der Waals surface area contributed by atoms with Crippen LogP contribution in [0.1, 0.15) is 27.4 Å². The maximum atomic E-state index is 14.0. The van der Waals surface area contributed by atoms with Crippen LogP contribution in [0.25, 0.3) is 10.6 Å². The fraction of sp³-hybridized carbons (Fsp3) is 0.211. The molecule has 29 heavy (non-hydrogen) atoms. The Morgan fingerprint density at radius 2 is 2.03 bits per heavy atom. The summed E-state index contributed by atoms with van der Waals surface area (Å²) in [5.41, 5.74) is -0.0275. The number of thiazole rings is 1. The molecule has 10 heteroatoms. The molecule has 3 heterocycles. The van der Waals surface area contributed by atoms with E-state index in [1.165, 1.54) is 24.0 Å². The summed E-state index contributed by atoms with van der Waals surface area (Å²) in [6.45, 7) is 1.30. The molecule has 1 aliphatic heterocycles. The molecule has 2 N–H and O–H groups in total. The van der Waals surface area contributed by atoms with Gasteiger partial charge < -0.3 is 10.6 Å². The van der Waals surface area contributed by atoms with E-state index in [9.17, 15) is 18.4 Å². The average Bonchev–Trinajstić information content (AvgIpc) is 3.40. The second kappa shape index (κ2) is 8.10. The molecule has 2 aromatic heterocycles. The molecule has 148 valence electrons. The lowest BCUT2D eigenvalue weighted by Crippen LogP contribution is -2.22. The number of hydrogen-bond donors (Lipinski definition) is 2.